The van der Waals surface area contributed by atoms with Gasteiger partial charge in [0, 0.05) is 19.3 Å². The fraction of sp³-hybridized carbons (Fsp3) is 0.737. The molecule has 3 heteroatoms. The van der Waals surface area contributed by atoms with Crippen LogP contribution in [0.5, 0.6) is 0 Å². The Bertz CT molecular complexity index is 393. The summed E-state index contributed by atoms with van der Waals surface area (Å²) < 4.78 is 0. The Morgan fingerprint density at radius 1 is 0.727 bits per heavy atom. The van der Waals surface area contributed by atoms with Crippen LogP contribution in [0.15, 0.2) is 18.3 Å². The zero-order valence-electron chi connectivity index (χ0n) is 14.0. The number of hydrogen-bond donors (Lipinski definition) is 0. The maximum atomic E-state index is 4.62. The quantitative estimate of drug-likeness (QED) is 0.842. The molecule has 0 atom stereocenters. The number of likely N-dealkylation sites (tertiary alicyclic amines) is 2. The maximum absolute atomic E-state index is 4.62. The van der Waals surface area contributed by atoms with Gasteiger partial charge in [-0.2, -0.15) is 0 Å². The first-order valence-electron chi connectivity index (χ1n) is 9.29. The SMILES string of the molecule is c1cc(CN2CCCCCC2)cc(CN2CCCCCC2)n1. The average Bonchev–Trinajstić information content (AvgIpc) is 2.93. The van der Waals surface area contributed by atoms with Crippen molar-refractivity contribution < 1.29 is 0 Å². The van der Waals surface area contributed by atoms with E-state index in [1.807, 2.05) is 6.20 Å². The second-order valence-corrected chi connectivity index (χ2v) is 7.04. The topological polar surface area (TPSA) is 19.4 Å². The zero-order chi connectivity index (χ0) is 15.0. The highest BCUT2D eigenvalue weighted by Crippen LogP contribution is 2.15. The van der Waals surface area contributed by atoms with Gasteiger partial charge in [-0.25, -0.2) is 0 Å². The molecule has 0 bridgehead atoms. The van der Waals surface area contributed by atoms with Crippen LogP contribution >= 0.6 is 0 Å². The molecule has 2 aliphatic heterocycles. The Morgan fingerprint density at radius 3 is 1.86 bits per heavy atom. The van der Waals surface area contributed by atoms with Gasteiger partial charge in [0.2, 0.25) is 0 Å². The van der Waals surface area contributed by atoms with Crippen molar-refractivity contribution in [2.75, 3.05) is 26.2 Å². The van der Waals surface area contributed by atoms with Gasteiger partial charge in [-0.05, 0) is 69.6 Å². The lowest BCUT2D eigenvalue weighted by Gasteiger charge is -2.21. The predicted molar refractivity (Wildman–Crippen MR) is 91.7 cm³/mol. The molecule has 3 nitrogen and oxygen atoms in total. The van der Waals surface area contributed by atoms with Crippen LogP contribution in [0, 0.1) is 0 Å². The summed E-state index contributed by atoms with van der Waals surface area (Å²) >= 11 is 0. The molecule has 122 valence electrons. The molecule has 0 aromatic carbocycles. The van der Waals surface area contributed by atoms with Gasteiger partial charge >= 0.3 is 0 Å². The lowest BCUT2D eigenvalue weighted by Crippen LogP contribution is -2.25. The van der Waals surface area contributed by atoms with Crippen LogP contribution in [0.2, 0.25) is 0 Å². The van der Waals surface area contributed by atoms with E-state index in [2.05, 4.69) is 26.9 Å². The van der Waals surface area contributed by atoms with E-state index in [1.54, 1.807) is 0 Å². The highest BCUT2D eigenvalue weighted by molar-refractivity contribution is 5.16. The molecule has 0 spiro atoms. The van der Waals surface area contributed by atoms with Crippen molar-refractivity contribution in [1.29, 1.82) is 0 Å². The third kappa shape index (κ3) is 5.06. The van der Waals surface area contributed by atoms with E-state index in [9.17, 15) is 0 Å². The molecule has 3 heterocycles. The summed E-state index contributed by atoms with van der Waals surface area (Å²) in [6.45, 7) is 7.17. The van der Waals surface area contributed by atoms with E-state index in [-0.39, 0.29) is 0 Å². The smallest absolute Gasteiger partial charge is 0.0547 e. The van der Waals surface area contributed by atoms with E-state index in [1.165, 1.54) is 88.8 Å². The molecule has 2 aliphatic rings. The average molecular weight is 301 g/mol. The number of pyridine rings is 1. The first kappa shape index (κ1) is 15.9. The Morgan fingerprint density at radius 2 is 1.27 bits per heavy atom. The largest absolute Gasteiger partial charge is 0.299 e. The standard InChI is InChI=1S/C19H31N3/c1-2-6-12-21(11-5-1)16-18-9-10-20-19(15-18)17-22-13-7-3-4-8-14-22/h9-10,15H,1-8,11-14,16-17H2. The summed E-state index contributed by atoms with van der Waals surface area (Å²) in [6, 6.07) is 4.55. The molecule has 22 heavy (non-hydrogen) atoms. The summed E-state index contributed by atoms with van der Waals surface area (Å²) in [6.07, 6.45) is 13.1. The minimum Gasteiger partial charge on any atom is -0.299 e. The van der Waals surface area contributed by atoms with Gasteiger partial charge in [-0.3, -0.25) is 14.8 Å². The van der Waals surface area contributed by atoms with Crippen LogP contribution in [-0.4, -0.2) is 41.0 Å². The number of hydrogen-bond acceptors (Lipinski definition) is 3. The van der Waals surface area contributed by atoms with Gasteiger partial charge < -0.3 is 0 Å². The van der Waals surface area contributed by atoms with E-state index >= 15 is 0 Å². The number of aromatic nitrogens is 1. The maximum Gasteiger partial charge on any atom is 0.0547 e. The number of nitrogens with zero attached hydrogens (tertiary/aromatic N) is 3. The summed E-state index contributed by atoms with van der Waals surface area (Å²) in [5, 5.41) is 0. The molecule has 1 aromatic rings. The van der Waals surface area contributed by atoms with Crippen molar-refractivity contribution in [2.45, 2.75) is 64.5 Å². The zero-order valence-corrected chi connectivity index (χ0v) is 14.0. The van der Waals surface area contributed by atoms with Crippen LogP contribution in [0.3, 0.4) is 0 Å². The lowest BCUT2D eigenvalue weighted by molar-refractivity contribution is 0.270. The minimum atomic E-state index is 1.04. The van der Waals surface area contributed by atoms with Crippen LogP contribution in [-0.2, 0) is 13.1 Å². The second-order valence-electron chi connectivity index (χ2n) is 7.04. The van der Waals surface area contributed by atoms with Crippen molar-refractivity contribution in [3.8, 4) is 0 Å². The monoisotopic (exact) mass is 301 g/mol. The normalized spacial score (nSPS) is 22.2. The van der Waals surface area contributed by atoms with E-state index in [4.69, 9.17) is 0 Å². The van der Waals surface area contributed by atoms with Crippen LogP contribution in [0.25, 0.3) is 0 Å². The molecule has 2 fully saturated rings. The molecule has 0 amide bonds. The van der Waals surface area contributed by atoms with Gasteiger partial charge in [-0.1, -0.05) is 25.7 Å². The molecule has 0 aliphatic carbocycles. The first-order chi connectivity index (χ1) is 10.9. The fourth-order valence-electron chi connectivity index (χ4n) is 3.79. The molecule has 0 saturated carbocycles. The third-order valence-electron chi connectivity index (χ3n) is 5.07. The van der Waals surface area contributed by atoms with E-state index in [0.717, 1.165) is 13.1 Å². The van der Waals surface area contributed by atoms with Crippen molar-refractivity contribution in [3.63, 3.8) is 0 Å². The van der Waals surface area contributed by atoms with Crippen molar-refractivity contribution >= 4 is 0 Å². The Kier molecular flexibility index (Phi) is 6.26. The lowest BCUT2D eigenvalue weighted by atomic mass is 10.2. The van der Waals surface area contributed by atoms with Crippen molar-refractivity contribution in [3.05, 3.63) is 29.6 Å². The Balaban J connectivity index is 1.56. The second kappa shape index (κ2) is 8.64. The molecule has 0 radical (unpaired) electrons. The van der Waals surface area contributed by atoms with E-state index in [0.29, 0.717) is 0 Å². The fourth-order valence-corrected chi connectivity index (χ4v) is 3.79. The minimum absolute atomic E-state index is 1.04. The molecular formula is C19H31N3. The Labute approximate surface area is 135 Å². The molecule has 1 aromatic heterocycles. The van der Waals surface area contributed by atoms with Gasteiger partial charge in [-0.15, -0.1) is 0 Å². The first-order valence-corrected chi connectivity index (χ1v) is 9.29. The Hall–Kier alpha value is -0.930. The summed E-state index contributed by atoms with van der Waals surface area (Å²) in [5.74, 6) is 0. The van der Waals surface area contributed by atoms with Crippen LogP contribution in [0.1, 0.15) is 62.6 Å². The van der Waals surface area contributed by atoms with Gasteiger partial charge in [0.05, 0.1) is 5.69 Å². The highest BCUT2D eigenvalue weighted by Gasteiger charge is 2.12. The number of rotatable bonds is 4. The summed E-state index contributed by atoms with van der Waals surface area (Å²) in [7, 11) is 0. The molecule has 0 unspecified atom stereocenters. The molecular weight excluding hydrogens is 270 g/mol. The van der Waals surface area contributed by atoms with Crippen molar-refractivity contribution in [2.24, 2.45) is 0 Å². The highest BCUT2D eigenvalue weighted by atomic mass is 15.1. The molecule has 2 saturated heterocycles. The summed E-state index contributed by atoms with van der Waals surface area (Å²) in [5.41, 5.74) is 2.70. The molecule has 0 N–H and O–H groups in total. The third-order valence-corrected chi connectivity index (χ3v) is 5.07. The van der Waals surface area contributed by atoms with Gasteiger partial charge in [0.15, 0.2) is 0 Å². The van der Waals surface area contributed by atoms with Gasteiger partial charge in [0.25, 0.3) is 0 Å². The van der Waals surface area contributed by atoms with E-state index < -0.39 is 0 Å². The summed E-state index contributed by atoms with van der Waals surface area (Å²) in [4.78, 5) is 9.83. The molecule has 3 rings (SSSR count). The van der Waals surface area contributed by atoms with Crippen molar-refractivity contribution in [1.82, 2.24) is 14.8 Å². The predicted octanol–water partition coefficient (Wildman–Crippen LogP) is 3.83. The van der Waals surface area contributed by atoms with Crippen LogP contribution < -0.4 is 0 Å². The van der Waals surface area contributed by atoms with Gasteiger partial charge in [0.1, 0.15) is 0 Å². The van der Waals surface area contributed by atoms with Crippen LogP contribution in [0.4, 0.5) is 0 Å².